The standard InChI is InChI=1S/C19H20INO4S/c1-5-7-25-17-14(20)8-13(9-15(17)24-6-2)10-16-18(22)21(11-12(3)4)19(23)26-16/h1,8-10,12H,6-7,11H2,2-4H3/b16-10-. The lowest BCUT2D eigenvalue weighted by atomic mass is 10.1. The second-order valence-corrected chi connectivity index (χ2v) is 8.10. The summed E-state index contributed by atoms with van der Waals surface area (Å²) in [6, 6.07) is 3.65. The zero-order valence-corrected chi connectivity index (χ0v) is 17.8. The maximum atomic E-state index is 12.5. The zero-order chi connectivity index (χ0) is 19.3. The number of imide groups is 1. The second kappa shape index (κ2) is 9.33. The third-order valence-electron chi connectivity index (χ3n) is 3.35. The smallest absolute Gasteiger partial charge is 0.293 e. The Kier molecular flexibility index (Phi) is 7.41. The molecule has 0 spiro atoms. The minimum Gasteiger partial charge on any atom is -0.490 e. The summed E-state index contributed by atoms with van der Waals surface area (Å²) in [6.07, 6.45) is 6.97. The van der Waals surface area contributed by atoms with Crippen molar-refractivity contribution in [3.8, 4) is 23.8 Å². The van der Waals surface area contributed by atoms with Gasteiger partial charge in [-0.15, -0.1) is 6.42 Å². The van der Waals surface area contributed by atoms with Crippen molar-refractivity contribution in [2.24, 2.45) is 5.92 Å². The molecule has 138 valence electrons. The molecule has 7 heteroatoms. The first kappa shape index (κ1) is 20.6. The third-order valence-corrected chi connectivity index (χ3v) is 5.06. The van der Waals surface area contributed by atoms with Gasteiger partial charge in [0.05, 0.1) is 15.1 Å². The summed E-state index contributed by atoms with van der Waals surface area (Å²) in [4.78, 5) is 26.3. The number of thioether (sulfide) groups is 1. The van der Waals surface area contributed by atoms with Crippen molar-refractivity contribution in [1.82, 2.24) is 4.90 Å². The molecule has 0 atom stereocenters. The minimum atomic E-state index is -0.255. The molecule has 0 unspecified atom stereocenters. The largest absolute Gasteiger partial charge is 0.490 e. The summed E-state index contributed by atoms with van der Waals surface area (Å²) in [5.41, 5.74) is 0.765. The summed E-state index contributed by atoms with van der Waals surface area (Å²) < 4.78 is 12.0. The van der Waals surface area contributed by atoms with E-state index in [0.29, 0.717) is 29.6 Å². The number of carbonyl (C=O) groups excluding carboxylic acids is 2. The molecular weight excluding hydrogens is 465 g/mol. The van der Waals surface area contributed by atoms with E-state index in [1.807, 2.05) is 26.8 Å². The molecule has 1 aromatic carbocycles. The van der Waals surface area contributed by atoms with E-state index >= 15 is 0 Å². The maximum absolute atomic E-state index is 12.5. The fourth-order valence-electron chi connectivity index (χ4n) is 2.36. The number of nitrogens with zero attached hydrogens (tertiary/aromatic N) is 1. The van der Waals surface area contributed by atoms with Crippen LogP contribution in [-0.4, -0.2) is 35.8 Å². The molecule has 26 heavy (non-hydrogen) atoms. The average Bonchev–Trinajstić information content (AvgIpc) is 2.81. The Morgan fingerprint density at radius 3 is 2.69 bits per heavy atom. The van der Waals surface area contributed by atoms with Crippen LogP contribution in [0.5, 0.6) is 11.5 Å². The Morgan fingerprint density at radius 2 is 2.08 bits per heavy atom. The molecule has 1 aromatic rings. The van der Waals surface area contributed by atoms with Crippen LogP contribution in [-0.2, 0) is 4.79 Å². The number of terminal acetylenes is 1. The van der Waals surface area contributed by atoms with Gasteiger partial charge in [0.2, 0.25) is 0 Å². The van der Waals surface area contributed by atoms with E-state index < -0.39 is 0 Å². The van der Waals surface area contributed by atoms with Gasteiger partial charge in [-0.1, -0.05) is 19.8 Å². The van der Waals surface area contributed by atoms with Crippen LogP contribution < -0.4 is 9.47 Å². The minimum absolute atomic E-state index is 0.142. The Morgan fingerprint density at radius 1 is 1.35 bits per heavy atom. The van der Waals surface area contributed by atoms with E-state index in [1.54, 1.807) is 12.1 Å². The molecule has 1 aliphatic rings. The van der Waals surface area contributed by atoms with Crippen molar-refractivity contribution < 1.29 is 19.1 Å². The number of hydrogen-bond donors (Lipinski definition) is 0. The van der Waals surface area contributed by atoms with Crippen molar-refractivity contribution in [1.29, 1.82) is 0 Å². The van der Waals surface area contributed by atoms with Crippen LogP contribution >= 0.6 is 34.4 Å². The van der Waals surface area contributed by atoms with Gasteiger partial charge in [0, 0.05) is 6.54 Å². The van der Waals surface area contributed by atoms with Gasteiger partial charge in [0.15, 0.2) is 11.5 Å². The lowest BCUT2D eigenvalue weighted by molar-refractivity contribution is -0.123. The van der Waals surface area contributed by atoms with Crippen LogP contribution in [0.4, 0.5) is 4.79 Å². The predicted molar refractivity (Wildman–Crippen MR) is 112 cm³/mol. The Labute approximate surface area is 171 Å². The molecule has 0 saturated carbocycles. The molecule has 2 amide bonds. The topological polar surface area (TPSA) is 55.8 Å². The van der Waals surface area contributed by atoms with Crippen molar-refractivity contribution >= 4 is 51.6 Å². The number of halogens is 1. The first-order valence-corrected chi connectivity index (χ1v) is 10.0. The van der Waals surface area contributed by atoms with Crippen LogP contribution in [0.15, 0.2) is 17.0 Å². The molecule has 1 aliphatic heterocycles. The van der Waals surface area contributed by atoms with E-state index in [9.17, 15) is 9.59 Å². The summed E-state index contributed by atoms with van der Waals surface area (Å²) in [5, 5.41) is -0.233. The number of carbonyl (C=O) groups is 2. The highest BCUT2D eigenvalue weighted by Gasteiger charge is 2.35. The van der Waals surface area contributed by atoms with Crippen molar-refractivity contribution in [2.45, 2.75) is 20.8 Å². The Balaban J connectivity index is 2.34. The van der Waals surface area contributed by atoms with Crippen molar-refractivity contribution in [3.63, 3.8) is 0 Å². The molecule has 0 bridgehead atoms. The quantitative estimate of drug-likeness (QED) is 0.326. The van der Waals surface area contributed by atoms with Gasteiger partial charge >= 0.3 is 0 Å². The highest BCUT2D eigenvalue weighted by molar-refractivity contribution is 14.1. The predicted octanol–water partition coefficient (Wildman–Crippen LogP) is 4.39. The summed E-state index contributed by atoms with van der Waals surface area (Å²) in [6.45, 7) is 6.85. The SMILES string of the molecule is C#CCOc1c(I)cc(/C=C2\SC(=O)N(CC(C)C)C2=O)cc1OCC. The van der Waals surface area contributed by atoms with Crippen molar-refractivity contribution in [3.05, 3.63) is 26.2 Å². The van der Waals surface area contributed by atoms with E-state index in [2.05, 4.69) is 28.5 Å². The van der Waals surface area contributed by atoms with E-state index in [1.165, 1.54) is 4.90 Å². The molecule has 5 nitrogen and oxygen atoms in total. The van der Waals surface area contributed by atoms with Gasteiger partial charge in [0.25, 0.3) is 11.1 Å². The highest BCUT2D eigenvalue weighted by Crippen LogP contribution is 2.37. The van der Waals surface area contributed by atoms with Crippen LogP contribution in [0, 0.1) is 21.8 Å². The van der Waals surface area contributed by atoms with Gasteiger partial charge in [-0.2, -0.15) is 0 Å². The van der Waals surface area contributed by atoms with Gasteiger partial charge in [-0.3, -0.25) is 14.5 Å². The summed E-state index contributed by atoms with van der Waals surface area (Å²) in [5.74, 6) is 3.54. The summed E-state index contributed by atoms with van der Waals surface area (Å²) >= 11 is 3.09. The van der Waals surface area contributed by atoms with Crippen LogP contribution in [0.25, 0.3) is 6.08 Å². The normalized spacial score (nSPS) is 15.7. The highest BCUT2D eigenvalue weighted by atomic mass is 127. The zero-order valence-electron chi connectivity index (χ0n) is 14.9. The number of rotatable bonds is 7. The lowest BCUT2D eigenvalue weighted by Gasteiger charge is -2.14. The molecule has 0 aliphatic carbocycles. The lowest BCUT2D eigenvalue weighted by Crippen LogP contribution is -2.31. The van der Waals surface area contributed by atoms with Crippen LogP contribution in [0.3, 0.4) is 0 Å². The molecule has 1 heterocycles. The first-order chi connectivity index (χ1) is 12.4. The first-order valence-electron chi connectivity index (χ1n) is 8.15. The maximum Gasteiger partial charge on any atom is 0.293 e. The van der Waals surface area contributed by atoms with Crippen LogP contribution in [0.2, 0.25) is 0 Å². The molecule has 2 rings (SSSR count). The third kappa shape index (κ3) is 4.95. The molecule has 0 aromatic heterocycles. The van der Waals surface area contributed by atoms with E-state index in [-0.39, 0.29) is 23.7 Å². The second-order valence-electron chi connectivity index (χ2n) is 5.94. The molecule has 1 saturated heterocycles. The monoisotopic (exact) mass is 485 g/mol. The summed E-state index contributed by atoms with van der Waals surface area (Å²) in [7, 11) is 0. The Hall–Kier alpha value is -1.66. The fraction of sp³-hybridized carbons (Fsp3) is 0.368. The molecule has 0 N–H and O–H groups in total. The molecule has 1 fully saturated rings. The van der Waals surface area contributed by atoms with Crippen LogP contribution in [0.1, 0.15) is 26.3 Å². The van der Waals surface area contributed by atoms with Crippen molar-refractivity contribution in [2.75, 3.05) is 19.8 Å². The number of ether oxygens (including phenoxy) is 2. The fourth-order valence-corrected chi connectivity index (χ4v) is 3.99. The van der Waals surface area contributed by atoms with E-state index in [0.717, 1.165) is 20.9 Å². The van der Waals surface area contributed by atoms with Gasteiger partial charge in [-0.05, 0) is 71.0 Å². The number of hydrogen-bond acceptors (Lipinski definition) is 5. The van der Waals surface area contributed by atoms with Gasteiger partial charge in [0.1, 0.15) is 6.61 Å². The molecule has 0 radical (unpaired) electrons. The number of amides is 2. The van der Waals surface area contributed by atoms with E-state index in [4.69, 9.17) is 15.9 Å². The number of benzene rings is 1. The van der Waals surface area contributed by atoms with Gasteiger partial charge < -0.3 is 9.47 Å². The average molecular weight is 485 g/mol. The molecular formula is C19H20INO4S. The van der Waals surface area contributed by atoms with Gasteiger partial charge in [-0.25, -0.2) is 0 Å². The Bertz CT molecular complexity index is 782.